The molecular formula is C14H26. The molecule has 0 nitrogen and oxygen atoms in total. The van der Waals surface area contributed by atoms with Crippen molar-refractivity contribution in [2.75, 3.05) is 0 Å². The van der Waals surface area contributed by atoms with Crippen molar-refractivity contribution in [2.45, 2.75) is 60.8 Å². The van der Waals surface area contributed by atoms with E-state index in [1.54, 1.807) is 0 Å². The molecule has 0 aromatic heterocycles. The van der Waals surface area contributed by atoms with Crippen LogP contribution in [0.2, 0.25) is 0 Å². The van der Waals surface area contributed by atoms with E-state index in [0.29, 0.717) is 10.8 Å². The largest absolute Gasteiger partial charge is 0.0822 e. The molecule has 1 atom stereocenters. The van der Waals surface area contributed by atoms with Crippen LogP contribution in [0.25, 0.3) is 0 Å². The summed E-state index contributed by atoms with van der Waals surface area (Å²) in [6.45, 7) is 14.1. The summed E-state index contributed by atoms with van der Waals surface area (Å²) >= 11 is 0. The van der Waals surface area contributed by atoms with Crippen LogP contribution >= 0.6 is 0 Å². The van der Waals surface area contributed by atoms with Crippen molar-refractivity contribution in [2.24, 2.45) is 16.7 Å². The zero-order valence-electron chi connectivity index (χ0n) is 10.8. The van der Waals surface area contributed by atoms with Crippen LogP contribution in [0.15, 0.2) is 11.6 Å². The third-order valence-corrected chi connectivity index (χ3v) is 3.60. The Labute approximate surface area is 89.8 Å². The fourth-order valence-electron chi connectivity index (χ4n) is 3.10. The van der Waals surface area contributed by atoms with Crippen molar-refractivity contribution in [1.82, 2.24) is 0 Å². The van der Waals surface area contributed by atoms with Gasteiger partial charge in [0.2, 0.25) is 0 Å². The monoisotopic (exact) mass is 194 g/mol. The first-order valence-electron chi connectivity index (χ1n) is 5.88. The van der Waals surface area contributed by atoms with Gasteiger partial charge >= 0.3 is 0 Å². The van der Waals surface area contributed by atoms with Gasteiger partial charge < -0.3 is 0 Å². The Morgan fingerprint density at radius 2 is 1.71 bits per heavy atom. The van der Waals surface area contributed by atoms with Gasteiger partial charge in [0.15, 0.2) is 0 Å². The standard InChI is InChI=1S/C14H26/c1-11(2)9-12-7-8-13(3,4)10-14(12,5)6/h9,12H,7-8,10H2,1-6H3. The number of hydrogen-bond acceptors (Lipinski definition) is 0. The van der Waals surface area contributed by atoms with Crippen LogP contribution < -0.4 is 0 Å². The second-order valence-electron chi connectivity index (χ2n) is 6.72. The first-order chi connectivity index (χ1) is 6.23. The number of rotatable bonds is 1. The Morgan fingerprint density at radius 1 is 1.14 bits per heavy atom. The topological polar surface area (TPSA) is 0 Å². The van der Waals surface area contributed by atoms with E-state index >= 15 is 0 Å². The first-order valence-corrected chi connectivity index (χ1v) is 5.88. The molecule has 1 aliphatic rings. The average molecular weight is 194 g/mol. The SMILES string of the molecule is CC(C)=CC1CCC(C)(C)CC1(C)C. The molecule has 82 valence electrons. The lowest BCUT2D eigenvalue weighted by Gasteiger charge is -2.45. The van der Waals surface area contributed by atoms with Gasteiger partial charge in [-0.05, 0) is 49.9 Å². The van der Waals surface area contributed by atoms with Gasteiger partial charge in [0.25, 0.3) is 0 Å². The lowest BCUT2D eigenvalue weighted by Crippen LogP contribution is -2.35. The fourth-order valence-corrected chi connectivity index (χ4v) is 3.10. The smallest absolute Gasteiger partial charge is 0.0179 e. The van der Waals surface area contributed by atoms with Crippen molar-refractivity contribution < 1.29 is 0 Å². The maximum absolute atomic E-state index is 2.48. The van der Waals surface area contributed by atoms with Gasteiger partial charge in [-0.1, -0.05) is 39.3 Å². The summed E-state index contributed by atoms with van der Waals surface area (Å²) in [6.07, 6.45) is 6.58. The lowest BCUT2D eigenvalue weighted by atomic mass is 9.60. The van der Waals surface area contributed by atoms with Crippen LogP contribution in [0.1, 0.15) is 60.8 Å². The Hall–Kier alpha value is -0.260. The molecule has 0 aromatic rings. The third kappa shape index (κ3) is 2.87. The molecular weight excluding hydrogens is 168 g/mol. The van der Waals surface area contributed by atoms with Gasteiger partial charge in [-0.2, -0.15) is 0 Å². The molecule has 0 saturated heterocycles. The molecule has 1 aliphatic carbocycles. The van der Waals surface area contributed by atoms with Crippen LogP contribution in [-0.4, -0.2) is 0 Å². The van der Waals surface area contributed by atoms with E-state index in [9.17, 15) is 0 Å². The van der Waals surface area contributed by atoms with Gasteiger partial charge in [0, 0.05) is 0 Å². The highest BCUT2D eigenvalue weighted by atomic mass is 14.4. The number of hydrogen-bond donors (Lipinski definition) is 0. The van der Waals surface area contributed by atoms with Crippen LogP contribution in [-0.2, 0) is 0 Å². The third-order valence-electron chi connectivity index (χ3n) is 3.60. The zero-order valence-corrected chi connectivity index (χ0v) is 10.8. The summed E-state index contributed by atoms with van der Waals surface area (Å²) in [5.74, 6) is 0.792. The minimum Gasteiger partial charge on any atom is -0.0822 e. The maximum Gasteiger partial charge on any atom is -0.0179 e. The van der Waals surface area contributed by atoms with E-state index in [0.717, 1.165) is 5.92 Å². The predicted molar refractivity (Wildman–Crippen MR) is 64.3 cm³/mol. The van der Waals surface area contributed by atoms with E-state index in [1.165, 1.54) is 24.8 Å². The normalized spacial score (nSPS) is 29.7. The molecule has 0 amide bonds. The van der Waals surface area contributed by atoms with Gasteiger partial charge in [-0.3, -0.25) is 0 Å². The molecule has 1 fully saturated rings. The summed E-state index contributed by atoms with van der Waals surface area (Å²) in [6, 6.07) is 0. The number of allylic oxidation sites excluding steroid dienone is 2. The van der Waals surface area contributed by atoms with Crippen LogP contribution in [0, 0.1) is 16.7 Å². The van der Waals surface area contributed by atoms with E-state index in [-0.39, 0.29) is 0 Å². The minimum absolute atomic E-state index is 0.485. The fraction of sp³-hybridized carbons (Fsp3) is 0.857. The summed E-state index contributed by atoms with van der Waals surface area (Å²) < 4.78 is 0. The summed E-state index contributed by atoms with van der Waals surface area (Å²) in [4.78, 5) is 0. The maximum atomic E-state index is 2.48. The highest BCUT2D eigenvalue weighted by molar-refractivity contribution is 5.05. The van der Waals surface area contributed by atoms with Crippen molar-refractivity contribution in [3.63, 3.8) is 0 Å². The molecule has 0 aromatic carbocycles. The van der Waals surface area contributed by atoms with Crippen LogP contribution in [0.4, 0.5) is 0 Å². The van der Waals surface area contributed by atoms with E-state index in [1.807, 2.05) is 0 Å². The van der Waals surface area contributed by atoms with Gasteiger partial charge in [0.05, 0.1) is 0 Å². The van der Waals surface area contributed by atoms with Crippen molar-refractivity contribution in [1.29, 1.82) is 0 Å². The molecule has 0 spiro atoms. The summed E-state index contributed by atoms with van der Waals surface area (Å²) in [5.41, 5.74) is 2.51. The lowest BCUT2D eigenvalue weighted by molar-refractivity contribution is 0.0736. The Bertz CT molecular complexity index is 226. The second-order valence-corrected chi connectivity index (χ2v) is 6.72. The van der Waals surface area contributed by atoms with Gasteiger partial charge in [-0.25, -0.2) is 0 Å². The summed E-state index contributed by atoms with van der Waals surface area (Å²) in [5, 5.41) is 0. The van der Waals surface area contributed by atoms with E-state index in [2.05, 4.69) is 47.6 Å². The van der Waals surface area contributed by atoms with Crippen molar-refractivity contribution in [3.05, 3.63) is 11.6 Å². The summed E-state index contributed by atoms with van der Waals surface area (Å²) in [7, 11) is 0. The molecule has 1 saturated carbocycles. The first kappa shape index (κ1) is 11.8. The second kappa shape index (κ2) is 3.72. The predicted octanol–water partition coefficient (Wildman–Crippen LogP) is 4.81. The minimum atomic E-state index is 0.485. The van der Waals surface area contributed by atoms with Gasteiger partial charge in [0.1, 0.15) is 0 Å². The Balaban J connectivity index is 2.78. The molecule has 0 bridgehead atoms. The molecule has 1 unspecified atom stereocenters. The molecule has 0 radical (unpaired) electrons. The molecule has 0 aliphatic heterocycles. The quantitative estimate of drug-likeness (QED) is 0.526. The van der Waals surface area contributed by atoms with E-state index in [4.69, 9.17) is 0 Å². The average Bonchev–Trinajstić information content (AvgIpc) is 1.92. The van der Waals surface area contributed by atoms with E-state index < -0.39 is 0 Å². The Kier molecular flexibility index (Phi) is 3.13. The molecule has 1 rings (SSSR count). The molecule has 0 heterocycles. The molecule has 14 heavy (non-hydrogen) atoms. The van der Waals surface area contributed by atoms with Crippen LogP contribution in [0.3, 0.4) is 0 Å². The zero-order chi connectivity index (χ0) is 11.0. The van der Waals surface area contributed by atoms with Crippen molar-refractivity contribution >= 4 is 0 Å². The molecule has 0 N–H and O–H groups in total. The molecule has 0 heteroatoms. The highest BCUT2D eigenvalue weighted by Crippen LogP contribution is 2.49. The van der Waals surface area contributed by atoms with Crippen LogP contribution in [0.5, 0.6) is 0 Å². The Morgan fingerprint density at radius 3 is 2.14 bits per heavy atom. The highest BCUT2D eigenvalue weighted by Gasteiger charge is 2.38. The van der Waals surface area contributed by atoms with Gasteiger partial charge in [-0.15, -0.1) is 0 Å². The van der Waals surface area contributed by atoms with Crippen molar-refractivity contribution in [3.8, 4) is 0 Å².